The fourth-order valence-electron chi connectivity index (χ4n) is 1.93. The van der Waals surface area contributed by atoms with Gasteiger partial charge in [-0.3, -0.25) is 4.79 Å². The number of nitrogens with one attached hydrogen (secondary N) is 2. The number of benzene rings is 1. The van der Waals surface area contributed by atoms with Crippen LogP contribution in [0.15, 0.2) is 24.3 Å². The van der Waals surface area contributed by atoms with Crippen molar-refractivity contribution < 1.29 is 4.79 Å². The third kappa shape index (κ3) is 5.60. The van der Waals surface area contributed by atoms with Gasteiger partial charge in [-0.1, -0.05) is 37.6 Å². The van der Waals surface area contributed by atoms with E-state index < -0.39 is 0 Å². The van der Waals surface area contributed by atoms with E-state index in [2.05, 4.69) is 24.5 Å². The molecule has 0 saturated heterocycles. The van der Waals surface area contributed by atoms with Crippen molar-refractivity contribution in [3.8, 4) is 6.07 Å². The normalized spacial score (nSPS) is 11.9. The topological polar surface area (TPSA) is 64.9 Å². The molecule has 0 aliphatic rings. The minimum Gasteiger partial charge on any atom is -0.354 e. The van der Waals surface area contributed by atoms with E-state index in [9.17, 15) is 4.79 Å². The Hall–Kier alpha value is -1.57. The molecule has 1 rings (SSSR count). The summed E-state index contributed by atoms with van der Waals surface area (Å²) in [6, 6.07) is 9.71. The van der Waals surface area contributed by atoms with Crippen molar-refractivity contribution in [2.24, 2.45) is 5.92 Å². The summed E-state index contributed by atoms with van der Waals surface area (Å²) in [6.45, 7) is 4.82. The fraction of sp³-hybridized carbons (Fsp3) is 0.467. The van der Waals surface area contributed by atoms with E-state index in [1.807, 2.05) is 30.3 Å². The molecule has 4 nitrogen and oxygen atoms in total. The fourth-order valence-corrected chi connectivity index (χ4v) is 2.06. The van der Waals surface area contributed by atoms with Gasteiger partial charge >= 0.3 is 0 Å². The van der Waals surface area contributed by atoms with Gasteiger partial charge in [-0.2, -0.15) is 5.26 Å². The maximum absolute atomic E-state index is 11.6. The number of nitriles is 1. The molecule has 108 valence electrons. The molecule has 0 saturated carbocycles. The van der Waals surface area contributed by atoms with Crippen molar-refractivity contribution in [1.82, 2.24) is 10.6 Å². The molecule has 0 aliphatic carbocycles. The van der Waals surface area contributed by atoms with Crippen molar-refractivity contribution >= 4 is 17.5 Å². The lowest BCUT2D eigenvalue weighted by molar-refractivity contribution is -0.120. The van der Waals surface area contributed by atoms with Gasteiger partial charge in [-0.15, -0.1) is 0 Å². The van der Waals surface area contributed by atoms with Crippen molar-refractivity contribution in [2.45, 2.75) is 26.3 Å². The molecular weight excluding hydrogens is 274 g/mol. The number of carbonyl (C=O) groups excluding carboxylic acids is 1. The number of carbonyl (C=O) groups is 1. The summed E-state index contributed by atoms with van der Waals surface area (Å²) in [4.78, 5) is 11.6. The van der Waals surface area contributed by atoms with Crippen molar-refractivity contribution in [3.05, 3.63) is 34.9 Å². The molecule has 1 aromatic carbocycles. The number of rotatable bonds is 7. The quantitative estimate of drug-likeness (QED) is 0.760. The minimum atomic E-state index is -0.0973. The Morgan fingerprint density at radius 1 is 1.35 bits per heavy atom. The highest BCUT2D eigenvalue weighted by Crippen LogP contribution is 2.22. The van der Waals surface area contributed by atoms with E-state index in [0.29, 0.717) is 23.9 Å². The highest BCUT2D eigenvalue weighted by Gasteiger charge is 2.16. The average molecular weight is 294 g/mol. The van der Waals surface area contributed by atoms with Crippen LogP contribution < -0.4 is 10.6 Å². The second kappa shape index (κ2) is 8.57. The average Bonchev–Trinajstić information content (AvgIpc) is 2.41. The molecule has 1 aromatic rings. The van der Waals surface area contributed by atoms with Gasteiger partial charge < -0.3 is 10.6 Å². The van der Waals surface area contributed by atoms with E-state index in [4.69, 9.17) is 16.9 Å². The van der Waals surface area contributed by atoms with Gasteiger partial charge in [-0.25, -0.2) is 0 Å². The SMILES string of the molecule is CC(C)[C@H](NCC(=O)NCCC#N)c1ccc(Cl)cc1. The van der Waals surface area contributed by atoms with Crippen molar-refractivity contribution in [3.63, 3.8) is 0 Å². The predicted octanol–water partition coefficient (Wildman–Crippen LogP) is 2.66. The Labute approximate surface area is 125 Å². The lowest BCUT2D eigenvalue weighted by atomic mass is 9.96. The van der Waals surface area contributed by atoms with E-state index in [0.717, 1.165) is 5.56 Å². The van der Waals surface area contributed by atoms with Gasteiger partial charge in [0.25, 0.3) is 0 Å². The molecule has 0 unspecified atom stereocenters. The van der Waals surface area contributed by atoms with Crippen LogP contribution in [0, 0.1) is 17.2 Å². The molecule has 0 radical (unpaired) electrons. The molecule has 0 aromatic heterocycles. The summed E-state index contributed by atoms with van der Waals surface area (Å²) in [6.07, 6.45) is 0.330. The highest BCUT2D eigenvalue weighted by atomic mass is 35.5. The largest absolute Gasteiger partial charge is 0.354 e. The summed E-state index contributed by atoms with van der Waals surface area (Å²) >= 11 is 5.88. The van der Waals surface area contributed by atoms with Crippen molar-refractivity contribution in [1.29, 1.82) is 5.26 Å². The molecule has 0 spiro atoms. The van der Waals surface area contributed by atoms with Crippen LogP contribution in [0.4, 0.5) is 0 Å². The lowest BCUT2D eigenvalue weighted by Gasteiger charge is -2.22. The van der Waals surface area contributed by atoms with Crippen LogP contribution in [0.3, 0.4) is 0 Å². The smallest absolute Gasteiger partial charge is 0.234 e. The number of hydrogen-bond acceptors (Lipinski definition) is 3. The van der Waals surface area contributed by atoms with Gasteiger partial charge in [0, 0.05) is 17.6 Å². The first-order chi connectivity index (χ1) is 9.54. The van der Waals surface area contributed by atoms with Gasteiger partial charge in [0.15, 0.2) is 0 Å². The van der Waals surface area contributed by atoms with Crippen LogP contribution in [0.1, 0.15) is 31.9 Å². The monoisotopic (exact) mass is 293 g/mol. The number of halogens is 1. The summed E-state index contributed by atoms with van der Waals surface area (Å²) in [5, 5.41) is 15.0. The summed E-state index contributed by atoms with van der Waals surface area (Å²) in [5.74, 6) is 0.253. The summed E-state index contributed by atoms with van der Waals surface area (Å²) < 4.78 is 0. The first kappa shape index (κ1) is 16.5. The van der Waals surface area contributed by atoms with Crippen LogP contribution in [0.25, 0.3) is 0 Å². The summed E-state index contributed by atoms with van der Waals surface area (Å²) in [7, 11) is 0. The zero-order chi connectivity index (χ0) is 15.0. The molecule has 5 heteroatoms. The van der Waals surface area contributed by atoms with E-state index in [1.54, 1.807) is 0 Å². The van der Waals surface area contributed by atoms with Crippen LogP contribution >= 0.6 is 11.6 Å². The Balaban J connectivity index is 2.54. The molecule has 0 aliphatic heterocycles. The molecule has 20 heavy (non-hydrogen) atoms. The molecule has 2 N–H and O–H groups in total. The molecule has 0 bridgehead atoms. The van der Waals surface area contributed by atoms with Gasteiger partial charge in [0.05, 0.1) is 19.0 Å². The number of nitrogens with zero attached hydrogens (tertiary/aromatic N) is 1. The van der Waals surface area contributed by atoms with Crippen LogP contribution in [0.5, 0.6) is 0 Å². The molecular formula is C15H20ClN3O. The maximum Gasteiger partial charge on any atom is 0.234 e. The Kier molecular flexibility index (Phi) is 7.06. The van der Waals surface area contributed by atoms with Gasteiger partial charge in [-0.05, 0) is 23.6 Å². The highest BCUT2D eigenvalue weighted by molar-refractivity contribution is 6.30. The first-order valence-corrected chi connectivity index (χ1v) is 7.05. The van der Waals surface area contributed by atoms with Crippen LogP contribution in [-0.2, 0) is 4.79 Å². The lowest BCUT2D eigenvalue weighted by Crippen LogP contribution is -2.37. The zero-order valence-corrected chi connectivity index (χ0v) is 12.6. The third-order valence-electron chi connectivity index (χ3n) is 2.94. The second-order valence-electron chi connectivity index (χ2n) is 4.91. The second-order valence-corrected chi connectivity index (χ2v) is 5.35. The van der Waals surface area contributed by atoms with Crippen molar-refractivity contribution in [2.75, 3.05) is 13.1 Å². The van der Waals surface area contributed by atoms with Crippen LogP contribution in [-0.4, -0.2) is 19.0 Å². The Morgan fingerprint density at radius 2 is 2.00 bits per heavy atom. The first-order valence-electron chi connectivity index (χ1n) is 6.67. The van der Waals surface area contributed by atoms with E-state index in [-0.39, 0.29) is 18.5 Å². The van der Waals surface area contributed by atoms with E-state index >= 15 is 0 Å². The third-order valence-corrected chi connectivity index (χ3v) is 3.19. The zero-order valence-electron chi connectivity index (χ0n) is 11.8. The van der Waals surface area contributed by atoms with Gasteiger partial charge in [0.2, 0.25) is 5.91 Å². The number of hydrogen-bond donors (Lipinski definition) is 2. The summed E-state index contributed by atoms with van der Waals surface area (Å²) in [5.41, 5.74) is 1.11. The van der Waals surface area contributed by atoms with E-state index in [1.165, 1.54) is 0 Å². The maximum atomic E-state index is 11.6. The standard InChI is InChI=1S/C15H20ClN3O/c1-11(2)15(12-4-6-13(16)7-5-12)19-10-14(20)18-9-3-8-17/h4-7,11,15,19H,3,9-10H2,1-2H3,(H,18,20)/t15-/m0/s1. The predicted molar refractivity (Wildman–Crippen MR) is 80.3 cm³/mol. The molecule has 0 heterocycles. The minimum absolute atomic E-state index is 0.0917. The molecule has 1 amide bonds. The Morgan fingerprint density at radius 3 is 2.55 bits per heavy atom. The molecule has 1 atom stereocenters. The Bertz CT molecular complexity index is 465. The molecule has 0 fully saturated rings. The van der Waals surface area contributed by atoms with Gasteiger partial charge in [0.1, 0.15) is 0 Å². The number of amides is 1. The van der Waals surface area contributed by atoms with Crippen LogP contribution in [0.2, 0.25) is 5.02 Å².